The van der Waals surface area contributed by atoms with Crippen molar-refractivity contribution in [1.29, 1.82) is 0 Å². The van der Waals surface area contributed by atoms with Crippen LogP contribution in [0.25, 0.3) is 0 Å². The van der Waals surface area contributed by atoms with E-state index in [0.717, 1.165) is 6.54 Å². The van der Waals surface area contributed by atoms with Crippen LogP contribution in [0.1, 0.15) is 0 Å². The molecule has 2 heteroatoms. The van der Waals surface area contributed by atoms with Gasteiger partial charge in [0, 0.05) is 6.54 Å². The van der Waals surface area contributed by atoms with E-state index in [1.165, 1.54) is 0 Å². The fraction of sp³-hybridized carbons (Fsp3) is 0.500. The molecule has 0 bridgehead atoms. The summed E-state index contributed by atoms with van der Waals surface area (Å²) < 4.78 is 0. The van der Waals surface area contributed by atoms with Gasteiger partial charge in [0.15, 0.2) is 0 Å². The van der Waals surface area contributed by atoms with E-state index in [9.17, 15) is 0 Å². The molecule has 1 aliphatic rings. The molecule has 0 aromatic carbocycles. The van der Waals surface area contributed by atoms with Crippen LogP contribution in [0.2, 0.25) is 0 Å². The minimum Gasteiger partial charge on any atom is -0.383 e. The molecule has 0 aromatic heterocycles. The van der Waals surface area contributed by atoms with E-state index >= 15 is 0 Å². The minimum atomic E-state index is 0.486. The number of rotatable bonds is 2. The lowest BCUT2D eigenvalue weighted by Crippen LogP contribution is -2.34. The van der Waals surface area contributed by atoms with Crippen molar-refractivity contribution in [2.45, 2.75) is 6.04 Å². The van der Waals surface area contributed by atoms with Crippen LogP contribution in [0.3, 0.4) is 0 Å². The molecule has 0 spiro atoms. The highest BCUT2D eigenvalue weighted by Gasteiger charge is 2.03. The zero-order valence-corrected chi connectivity index (χ0v) is 6.54. The highest BCUT2D eigenvalue weighted by molar-refractivity contribution is 5.12. The first-order valence-electron chi connectivity index (χ1n) is 3.53. The first kappa shape index (κ1) is 7.35. The predicted molar refractivity (Wildman–Crippen MR) is 43.8 cm³/mol. The minimum absolute atomic E-state index is 0.486. The van der Waals surface area contributed by atoms with Crippen molar-refractivity contribution in [3.8, 4) is 0 Å². The van der Waals surface area contributed by atoms with Gasteiger partial charge in [0.25, 0.3) is 0 Å². The maximum atomic E-state index is 3.24. The molecule has 0 radical (unpaired) electrons. The molecular formula is C8H14N2. The molecule has 1 N–H and O–H groups in total. The maximum absolute atomic E-state index is 3.24. The summed E-state index contributed by atoms with van der Waals surface area (Å²) >= 11 is 0. The second-order valence-corrected chi connectivity index (χ2v) is 2.78. The lowest BCUT2D eigenvalue weighted by Gasteiger charge is -2.19. The second kappa shape index (κ2) is 3.42. The molecule has 0 aromatic rings. The topological polar surface area (TPSA) is 15.3 Å². The predicted octanol–water partition coefficient (Wildman–Crippen LogP) is 0.590. The molecular weight excluding hydrogens is 124 g/mol. The van der Waals surface area contributed by atoms with Gasteiger partial charge in [-0.2, -0.15) is 0 Å². The van der Waals surface area contributed by atoms with Crippen molar-refractivity contribution in [3.05, 3.63) is 24.4 Å². The molecule has 1 heterocycles. The Labute approximate surface area is 62.2 Å². The molecule has 1 unspecified atom stereocenters. The third-order valence-electron chi connectivity index (χ3n) is 1.42. The van der Waals surface area contributed by atoms with Gasteiger partial charge < -0.3 is 10.2 Å². The average molecular weight is 138 g/mol. The summed E-state index contributed by atoms with van der Waals surface area (Å²) in [5, 5.41) is 3.24. The highest BCUT2D eigenvalue weighted by Crippen LogP contribution is 1.94. The van der Waals surface area contributed by atoms with Gasteiger partial charge in [-0.05, 0) is 26.4 Å². The lowest BCUT2D eigenvalue weighted by molar-refractivity contribution is 0.379. The number of allylic oxidation sites excluding steroid dienone is 2. The third kappa shape index (κ3) is 2.23. The zero-order chi connectivity index (χ0) is 7.40. The fourth-order valence-corrected chi connectivity index (χ4v) is 0.995. The van der Waals surface area contributed by atoms with Crippen LogP contribution >= 0.6 is 0 Å². The van der Waals surface area contributed by atoms with Crippen LogP contribution in [0.4, 0.5) is 0 Å². The van der Waals surface area contributed by atoms with E-state index in [-0.39, 0.29) is 0 Å². The van der Waals surface area contributed by atoms with E-state index in [4.69, 9.17) is 0 Å². The maximum Gasteiger partial charge on any atom is 0.0569 e. The van der Waals surface area contributed by atoms with Crippen LogP contribution in [0, 0.1) is 0 Å². The number of hydrogen-bond acceptors (Lipinski definition) is 2. The van der Waals surface area contributed by atoms with Gasteiger partial charge >= 0.3 is 0 Å². The average Bonchev–Trinajstić information content (AvgIpc) is 1.88. The summed E-state index contributed by atoms with van der Waals surface area (Å²) in [4.78, 5) is 2.17. The zero-order valence-electron chi connectivity index (χ0n) is 6.54. The van der Waals surface area contributed by atoms with Gasteiger partial charge in [0.05, 0.1) is 6.04 Å². The number of nitrogens with zero attached hydrogens (tertiary/aromatic N) is 1. The quantitative estimate of drug-likeness (QED) is 0.601. The monoisotopic (exact) mass is 138 g/mol. The van der Waals surface area contributed by atoms with E-state index in [1.54, 1.807) is 0 Å². The molecule has 0 saturated carbocycles. The number of dihydropyridines is 1. The van der Waals surface area contributed by atoms with Crippen LogP contribution in [-0.4, -0.2) is 31.6 Å². The van der Waals surface area contributed by atoms with Gasteiger partial charge in [-0.3, -0.25) is 0 Å². The molecule has 0 aliphatic carbocycles. The molecule has 10 heavy (non-hydrogen) atoms. The van der Waals surface area contributed by atoms with Crippen molar-refractivity contribution in [3.63, 3.8) is 0 Å². The van der Waals surface area contributed by atoms with Gasteiger partial charge in [-0.15, -0.1) is 0 Å². The lowest BCUT2D eigenvalue weighted by atomic mass is 10.2. The SMILES string of the molecule is CN(C)CC1C=CC=CN1. The summed E-state index contributed by atoms with van der Waals surface area (Å²) in [6.07, 6.45) is 8.23. The van der Waals surface area contributed by atoms with Crippen LogP contribution < -0.4 is 5.32 Å². The highest BCUT2D eigenvalue weighted by atomic mass is 15.1. The molecule has 0 fully saturated rings. The Kier molecular flexibility index (Phi) is 2.51. The molecule has 0 saturated heterocycles. The standard InChI is InChI=1S/C8H14N2/c1-10(2)7-8-5-3-4-6-9-8/h3-6,8-9H,7H2,1-2H3. The van der Waals surface area contributed by atoms with E-state index in [1.807, 2.05) is 12.3 Å². The number of nitrogens with one attached hydrogen (secondary N) is 1. The number of likely N-dealkylation sites (N-methyl/N-ethyl adjacent to an activating group) is 1. The van der Waals surface area contributed by atoms with Gasteiger partial charge in [0.2, 0.25) is 0 Å². The summed E-state index contributed by atoms with van der Waals surface area (Å²) in [7, 11) is 4.15. The Balaban J connectivity index is 2.30. The normalized spacial score (nSPS) is 23.3. The third-order valence-corrected chi connectivity index (χ3v) is 1.42. The Morgan fingerprint density at radius 2 is 2.20 bits per heavy atom. The van der Waals surface area contributed by atoms with Crippen LogP contribution in [0.5, 0.6) is 0 Å². The number of hydrogen-bond donors (Lipinski definition) is 1. The van der Waals surface area contributed by atoms with Crippen molar-refractivity contribution in [1.82, 2.24) is 10.2 Å². The molecule has 1 atom stereocenters. The van der Waals surface area contributed by atoms with Crippen molar-refractivity contribution >= 4 is 0 Å². The van der Waals surface area contributed by atoms with E-state index < -0.39 is 0 Å². The summed E-state index contributed by atoms with van der Waals surface area (Å²) in [5.74, 6) is 0. The largest absolute Gasteiger partial charge is 0.383 e. The van der Waals surface area contributed by atoms with Gasteiger partial charge in [-0.1, -0.05) is 12.2 Å². The summed E-state index contributed by atoms with van der Waals surface area (Å²) in [6, 6.07) is 0.486. The Hall–Kier alpha value is -0.760. The van der Waals surface area contributed by atoms with Crippen molar-refractivity contribution in [2.24, 2.45) is 0 Å². The first-order chi connectivity index (χ1) is 4.79. The van der Waals surface area contributed by atoms with E-state index in [0.29, 0.717) is 6.04 Å². The molecule has 56 valence electrons. The Bertz CT molecular complexity index is 147. The molecule has 1 aliphatic heterocycles. The van der Waals surface area contributed by atoms with E-state index in [2.05, 4.69) is 36.5 Å². The molecule has 0 amide bonds. The molecule has 1 rings (SSSR count). The van der Waals surface area contributed by atoms with Crippen molar-refractivity contribution in [2.75, 3.05) is 20.6 Å². The van der Waals surface area contributed by atoms with Gasteiger partial charge in [-0.25, -0.2) is 0 Å². The second-order valence-electron chi connectivity index (χ2n) is 2.78. The summed E-state index contributed by atoms with van der Waals surface area (Å²) in [5.41, 5.74) is 0. The Morgan fingerprint density at radius 3 is 2.70 bits per heavy atom. The smallest absolute Gasteiger partial charge is 0.0569 e. The van der Waals surface area contributed by atoms with Gasteiger partial charge in [0.1, 0.15) is 0 Å². The Morgan fingerprint density at radius 1 is 1.40 bits per heavy atom. The first-order valence-corrected chi connectivity index (χ1v) is 3.53. The fourth-order valence-electron chi connectivity index (χ4n) is 0.995. The van der Waals surface area contributed by atoms with Crippen molar-refractivity contribution < 1.29 is 0 Å². The van der Waals surface area contributed by atoms with Crippen LogP contribution in [-0.2, 0) is 0 Å². The molecule has 2 nitrogen and oxygen atoms in total. The summed E-state index contributed by atoms with van der Waals surface area (Å²) in [6.45, 7) is 1.06. The van der Waals surface area contributed by atoms with Crippen LogP contribution in [0.15, 0.2) is 24.4 Å².